The maximum Gasteiger partial charge on any atom is 0.0376 e. The lowest BCUT2D eigenvalue weighted by Crippen LogP contribution is -2.25. The van der Waals surface area contributed by atoms with Gasteiger partial charge in [-0.05, 0) is 42.3 Å². The summed E-state index contributed by atoms with van der Waals surface area (Å²) in [6.07, 6.45) is 3.77. The van der Waals surface area contributed by atoms with Gasteiger partial charge in [-0.1, -0.05) is 44.5 Å². The summed E-state index contributed by atoms with van der Waals surface area (Å²) in [4.78, 5) is 0. The minimum atomic E-state index is 0.390. The fraction of sp³-hybridized carbons (Fsp3) is 0.625. The monoisotopic (exact) mass is 265 g/mol. The molecule has 0 heterocycles. The molecule has 1 aromatic carbocycles. The van der Waals surface area contributed by atoms with Crippen LogP contribution in [-0.4, -0.2) is 11.9 Å². The Morgan fingerprint density at radius 2 is 1.94 bits per heavy atom. The van der Waals surface area contributed by atoms with Crippen molar-refractivity contribution in [2.24, 2.45) is 5.92 Å². The predicted molar refractivity (Wildman–Crippen MR) is 79.2 cm³/mol. The molecule has 0 saturated heterocycles. The molecule has 0 aromatic heterocycles. The SMILES string of the molecule is CC(C)c1ccc(CNCC2CCCC2Cl)cc1. The van der Waals surface area contributed by atoms with E-state index in [0.717, 1.165) is 13.1 Å². The molecule has 2 heteroatoms. The van der Waals surface area contributed by atoms with Gasteiger partial charge in [0.2, 0.25) is 0 Å². The number of hydrogen-bond acceptors (Lipinski definition) is 1. The number of halogens is 1. The molecule has 1 nitrogen and oxygen atoms in total. The maximum atomic E-state index is 6.28. The number of alkyl halides is 1. The fourth-order valence-electron chi connectivity index (χ4n) is 2.64. The van der Waals surface area contributed by atoms with Crippen molar-refractivity contribution < 1.29 is 0 Å². The first kappa shape index (κ1) is 13.9. The number of benzene rings is 1. The van der Waals surface area contributed by atoms with Crippen molar-refractivity contribution in [3.63, 3.8) is 0 Å². The molecule has 0 amide bonds. The lowest BCUT2D eigenvalue weighted by atomic mass is 10.0. The smallest absolute Gasteiger partial charge is 0.0376 e. The number of hydrogen-bond donors (Lipinski definition) is 1. The van der Waals surface area contributed by atoms with Crippen molar-refractivity contribution >= 4 is 11.6 Å². The van der Waals surface area contributed by atoms with E-state index in [4.69, 9.17) is 11.6 Å². The van der Waals surface area contributed by atoms with E-state index in [0.29, 0.717) is 17.2 Å². The Morgan fingerprint density at radius 3 is 2.50 bits per heavy atom. The lowest BCUT2D eigenvalue weighted by Gasteiger charge is -2.14. The third kappa shape index (κ3) is 3.73. The van der Waals surface area contributed by atoms with E-state index >= 15 is 0 Å². The number of nitrogens with one attached hydrogen (secondary N) is 1. The van der Waals surface area contributed by atoms with Gasteiger partial charge in [-0.15, -0.1) is 11.6 Å². The summed E-state index contributed by atoms with van der Waals surface area (Å²) in [6.45, 7) is 6.47. The Labute approximate surface area is 116 Å². The van der Waals surface area contributed by atoms with Gasteiger partial charge in [0.1, 0.15) is 0 Å². The molecule has 1 N–H and O–H groups in total. The van der Waals surface area contributed by atoms with Crippen LogP contribution in [0.15, 0.2) is 24.3 Å². The molecule has 0 bridgehead atoms. The van der Waals surface area contributed by atoms with E-state index in [2.05, 4.69) is 43.4 Å². The topological polar surface area (TPSA) is 12.0 Å². The van der Waals surface area contributed by atoms with Gasteiger partial charge in [0.15, 0.2) is 0 Å². The van der Waals surface area contributed by atoms with Crippen LogP contribution < -0.4 is 5.32 Å². The van der Waals surface area contributed by atoms with E-state index in [-0.39, 0.29) is 0 Å². The third-order valence-electron chi connectivity index (χ3n) is 3.95. The Morgan fingerprint density at radius 1 is 1.22 bits per heavy atom. The van der Waals surface area contributed by atoms with Crippen molar-refractivity contribution in [2.75, 3.05) is 6.54 Å². The molecule has 18 heavy (non-hydrogen) atoms. The van der Waals surface area contributed by atoms with Gasteiger partial charge in [-0.2, -0.15) is 0 Å². The van der Waals surface area contributed by atoms with Crippen molar-refractivity contribution in [1.82, 2.24) is 5.32 Å². The van der Waals surface area contributed by atoms with Crippen LogP contribution in [0.3, 0.4) is 0 Å². The summed E-state index contributed by atoms with van der Waals surface area (Å²) in [6, 6.07) is 8.94. The van der Waals surface area contributed by atoms with E-state index in [1.54, 1.807) is 0 Å². The molecular weight excluding hydrogens is 242 g/mol. The highest BCUT2D eigenvalue weighted by Gasteiger charge is 2.24. The van der Waals surface area contributed by atoms with Crippen LogP contribution in [0.5, 0.6) is 0 Å². The van der Waals surface area contributed by atoms with Gasteiger partial charge in [0, 0.05) is 11.9 Å². The van der Waals surface area contributed by atoms with Crippen LogP contribution >= 0.6 is 11.6 Å². The summed E-state index contributed by atoms with van der Waals surface area (Å²) in [5, 5.41) is 3.93. The van der Waals surface area contributed by atoms with Gasteiger partial charge in [0.25, 0.3) is 0 Å². The molecule has 2 unspecified atom stereocenters. The summed E-state index contributed by atoms with van der Waals surface area (Å²) < 4.78 is 0. The molecular formula is C16H24ClN. The molecule has 100 valence electrons. The van der Waals surface area contributed by atoms with Crippen LogP contribution in [0.25, 0.3) is 0 Å². The zero-order valence-corrected chi connectivity index (χ0v) is 12.2. The van der Waals surface area contributed by atoms with Crippen molar-refractivity contribution in [2.45, 2.75) is 50.9 Å². The second-order valence-corrected chi connectivity index (χ2v) is 6.29. The zero-order chi connectivity index (χ0) is 13.0. The lowest BCUT2D eigenvalue weighted by molar-refractivity contribution is 0.494. The van der Waals surface area contributed by atoms with Gasteiger partial charge < -0.3 is 5.32 Å². The molecule has 0 aliphatic heterocycles. The molecule has 1 aliphatic rings. The average molecular weight is 266 g/mol. The highest BCUT2D eigenvalue weighted by Crippen LogP contribution is 2.29. The highest BCUT2D eigenvalue weighted by molar-refractivity contribution is 6.20. The standard InChI is InChI=1S/C16H24ClN/c1-12(2)14-8-6-13(7-9-14)10-18-11-15-4-3-5-16(15)17/h6-9,12,15-16,18H,3-5,10-11H2,1-2H3. The van der Waals surface area contributed by atoms with E-state index < -0.39 is 0 Å². The summed E-state index contributed by atoms with van der Waals surface area (Å²) in [5.74, 6) is 1.28. The van der Waals surface area contributed by atoms with Crippen molar-refractivity contribution in [3.05, 3.63) is 35.4 Å². The van der Waals surface area contributed by atoms with Crippen molar-refractivity contribution in [1.29, 1.82) is 0 Å². The fourth-order valence-corrected chi connectivity index (χ4v) is 3.01. The first-order chi connectivity index (χ1) is 8.66. The zero-order valence-electron chi connectivity index (χ0n) is 11.5. The minimum Gasteiger partial charge on any atom is -0.312 e. The molecule has 2 atom stereocenters. The van der Waals surface area contributed by atoms with Gasteiger partial charge in [-0.3, -0.25) is 0 Å². The molecule has 1 fully saturated rings. The average Bonchev–Trinajstić information content (AvgIpc) is 2.76. The van der Waals surface area contributed by atoms with Crippen LogP contribution in [0.1, 0.15) is 50.2 Å². The first-order valence-electron chi connectivity index (χ1n) is 7.10. The van der Waals surface area contributed by atoms with E-state index in [1.807, 2.05) is 0 Å². The van der Waals surface area contributed by atoms with E-state index in [9.17, 15) is 0 Å². The van der Waals surface area contributed by atoms with Gasteiger partial charge in [-0.25, -0.2) is 0 Å². The Kier molecular flexibility index (Phi) is 5.08. The molecule has 1 saturated carbocycles. The summed E-state index contributed by atoms with van der Waals surface area (Å²) >= 11 is 6.28. The van der Waals surface area contributed by atoms with Crippen LogP contribution in [0.4, 0.5) is 0 Å². The Balaban J connectivity index is 1.76. The second kappa shape index (κ2) is 6.58. The van der Waals surface area contributed by atoms with Gasteiger partial charge in [0.05, 0.1) is 0 Å². The second-order valence-electron chi connectivity index (χ2n) is 5.73. The highest BCUT2D eigenvalue weighted by atomic mass is 35.5. The normalized spacial score (nSPS) is 23.8. The van der Waals surface area contributed by atoms with Crippen LogP contribution in [0.2, 0.25) is 0 Å². The summed E-state index contributed by atoms with van der Waals surface area (Å²) in [5.41, 5.74) is 2.78. The molecule has 0 radical (unpaired) electrons. The van der Waals surface area contributed by atoms with E-state index in [1.165, 1.54) is 30.4 Å². The molecule has 2 rings (SSSR count). The Hall–Kier alpha value is -0.530. The van der Waals surface area contributed by atoms with Crippen LogP contribution in [-0.2, 0) is 6.54 Å². The number of rotatable bonds is 5. The van der Waals surface area contributed by atoms with Gasteiger partial charge >= 0.3 is 0 Å². The first-order valence-corrected chi connectivity index (χ1v) is 7.54. The van der Waals surface area contributed by atoms with Crippen LogP contribution in [0, 0.1) is 5.92 Å². The maximum absolute atomic E-state index is 6.28. The molecule has 1 aromatic rings. The summed E-state index contributed by atoms with van der Waals surface area (Å²) in [7, 11) is 0. The largest absolute Gasteiger partial charge is 0.312 e. The molecule has 0 spiro atoms. The molecule has 1 aliphatic carbocycles. The Bertz CT molecular complexity index is 358. The quantitative estimate of drug-likeness (QED) is 0.783. The third-order valence-corrected chi connectivity index (χ3v) is 4.52. The predicted octanol–water partition coefficient (Wildman–Crippen LogP) is 4.31. The van der Waals surface area contributed by atoms with Crippen molar-refractivity contribution in [3.8, 4) is 0 Å². The minimum absolute atomic E-state index is 0.390.